The number of ether oxygens (including phenoxy) is 1. The lowest BCUT2D eigenvalue weighted by Crippen LogP contribution is -2.44. The van der Waals surface area contributed by atoms with Gasteiger partial charge in [-0.15, -0.1) is 17.7 Å². The van der Waals surface area contributed by atoms with Crippen LogP contribution >= 0.6 is 11.8 Å². The molecule has 1 aliphatic heterocycles. The second-order valence-electron chi connectivity index (χ2n) is 4.69. The molecule has 1 aromatic rings. The summed E-state index contributed by atoms with van der Waals surface area (Å²) in [5, 5.41) is 12.0. The minimum Gasteiger partial charge on any atom is -0.481 e. The van der Waals surface area contributed by atoms with E-state index < -0.39 is 22.0 Å². The fourth-order valence-corrected chi connectivity index (χ4v) is 3.98. The molecule has 0 fully saturated rings. The summed E-state index contributed by atoms with van der Waals surface area (Å²) in [5.74, 6) is 5.05. The number of hydroxylamine groups is 1. The number of hydrogen-bond donors (Lipinski definition) is 2. The van der Waals surface area contributed by atoms with Crippen molar-refractivity contribution in [2.45, 2.75) is 17.9 Å². The van der Waals surface area contributed by atoms with Crippen molar-refractivity contribution in [3.8, 4) is 17.6 Å². The molecule has 0 saturated carbocycles. The Labute approximate surface area is 150 Å². The lowest BCUT2D eigenvalue weighted by atomic mass is 10.3. The number of nitrogens with one attached hydrogen (secondary N) is 1. The summed E-state index contributed by atoms with van der Waals surface area (Å²) in [5.41, 5.74) is 1.48. The molecule has 1 amide bonds. The molecule has 0 radical (unpaired) electrons. The Kier molecular flexibility index (Phi) is 6.52. The molecule has 25 heavy (non-hydrogen) atoms. The summed E-state index contributed by atoms with van der Waals surface area (Å²) in [4.78, 5) is 11.8. The van der Waals surface area contributed by atoms with Gasteiger partial charge in [0.2, 0.25) is 0 Å². The molecule has 1 unspecified atom stereocenters. The highest BCUT2D eigenvalue weighted by atomic mass is 32.2. The number of nitrogens with zero attached hydrogens (tertiary/aromatic N) is 1. The highest BCUT2D eigenvalue weighted by molar-refractivity contribution is 8.04. The van der Waals surface area contributed by atoms with Gasteiger partial charge in [0.15, 0.2) is 0 Å². The van der Waals surface area contributed by atoms with Gasteiger partial charge < -0.3 is 4.74 Å². The molecule has 0 aliphatic carbocycles. The summed E-state index contributed by atoms with van der Waals surface area (Å²) in [6, 6.07) is 4.59. The van der Waals surface area contributed by atoms with Gasteiger partial charge in [0.05, 0.1) is 4.90 Å². The van der Waals surface area contributed by atoms with Crippen molar-refractivity contribution in [3.05, 3.63) is 47.4 Å². The number of hydrogen-bond acceptors (Lipinski definition) is 6. The van der Waals surface area contributed by atoms with E-state index in [1.54, 1.807) is 12.3 Å². The van der Waals surface area contributed by atoms with E-state index in [1.165, 1.54) is 59.2 Å². The Balaban J connectivity index is 2.30. The van der Waals surface area contributed by atoms with Crippen LogP contribution in [0.15, 0.2) is 52.3 Å². The molecule has 7 nitrogen and oxygen atoms in total. The van der Waals surface area contributed by atoms with E-state index >= 15 is 0 Å². The van der Waals surface area contributed by atoms with Crippen LogP contribution in [0, 0.1) is 11.8 Å². The Bertz CT molecular complexity index is 836. The molecule has 2 rings (SSSR count). The third-order valence-electron chi connectivity index (χ3n) is 3.17. The Morgan fingerprint density at radius 1 is 1.36 bits per heavy atom. The van der Waals surface area contributed by atoms with Crippen LogP contribution in [0.1, 0.15) is 6.92 Å². The van der Waals surface area contributed by atoms with Crippen molar-refractivity contribution in [2.24, 2.45) is 0 Å². The molecule has 1 heterocycles. The van der Waals surface area contributed by atoms with Gasteiger partial charge in [0.1, 0.15) is 18.4 Å². The molecule has 0 aromatic heterocycles. The third kappa shape index (κ3) is 4.57. The zero-order valence-corrected chi connectivity index (χ0v) is 14.9. The quantitative estimate of drug-likeness (QED) is 0.458. The van der Waals surface area contributed by atoms with Crippen molar-refractivity contribution in [1.82, 2.24) is 9.79 Å². The molecule has 1 aromatic carbocycles. The van der Waals surface area contributed by atoms with Crippen molar-refractivity contribution in [1.29, 1.82) is 0 Å². The van der Waals surface area contributed by atoms with E-state index in [-0.39, 0.29) is 11.5 Å². The lowest BCUT2D eigenvalue weighted by molar-refractivity contribution is -0.131. The van der Waals surface area contributed by atoms with Crippen molar-refractivity contribution >= 4 is 27.7 Å². The molecule has 1 aliphatic rings. The Morgan fingerprint density at radius 2 is 2.08 bits per heavy atom. The average Bonchev–Trinajstić information content (AvgIpc) is 2.88. The van der Waals surface area contributed by atoms with Crippen LogP contribution in [-0.4, -0.2) is 36.5 Å². The lowest BCUT2D eigenvalue weighted by Gasteiger charge is -2.25. The largest absolute Gasteiger partial charge is 0.481 e. The van der Waals surface area contributed by atoms with Gasteiger partial charge in [-0.05, 0) is 48.1 Å². The summed E-state index contributed by atoms with van der Waals surface area (Å²) in [6.45, 7) is 1.90. The highest BCUT2D eigenvalue weighted by Crippen LogP contribution is 2.25. The minimum atomic E-state index is -4.01. The number of rotatable bonds is 5. The summed E-state index contributed by atoms with van der Waals surface area (Å²) in [6.07, 6.45) is 2.66. The van der Waals surface area contributed by atoms with E-state index in [1.807, 2.05) is 0 Å². The van der Waals surface area contributed by atoms with Gasteiger partial charge in [0, 0.05) is 6.20 Å². The maximum absolute atomic E-state index is 12.8. The molecule has 0 saturated heterocycles. The van der Waals surface area contributed by atoms with E-state index in [0.29, 0.717) is 5.75 Å². The monoisotopic (exact) mass is 380 g/mol. The number of carbonyl (C=O) groups is 1. The van der Waals surface area contributed by atoms with Crippen LogP contribution in [0.4, 0.5) is 0 Å². The highest BCUT2D eigenvalue weighted by Gasteiger charge is 2.32. The van der Waals surface area contributed by atoms with Crippen LogP contribution in [0.2, 0.25) is 0 Å². The van der Waals surface area contributed by atoms with Gasteiger partial charge in [-0.1, -0.05) is 5.92 Å². The van der Waals surface area contributed by atoms with Gasteiger partial charge >= 0.3 is 0 Å². The first-order valence-corrected chi connectivity index (χ1v) is 9.47. The van der Waals surface area contributed by atoms with Crippen LogP contribution in [0.5, 0.6) is 5.75 Å². The van der Waals surface area contributed by atoms with Crippen LogP contribution in [0.3, 0.4) is 0 Å². The smallest absolute Gasteiger partial charge is 0.271 e. The normalized spacial score (nSPS) is 16.6. The van der Waals surface area contributed by atoms with Crippen molar-refractivity contribution in [2.75, 3.05) is 6.61 Å². The molecule has 9 heteroatoms. The number of sulfonamides is 1. The van der Waals surface area contributed by atoms with Crippen LogP contribution in [-0.2, 0) is 14.8 Å². The van der Waals surface area contributed by atoms with Crippen molar-refractivity contribution in [3.63, 3.8) is 0 Å². The number of carbonyl (C=O) groups excluding carboxylic acids is 1. The van der Waals surface area contributed by atoms with Gasteiger partial charge in [0.25, 0.3) is 15.9 Å². The van der Waals surface area contributed by atoms with E-state index in [0.717, 1.165) is 4.31 Å². The molecule has 2 N–H and O–H groups in total. The first kappa shape index (κ1) is 18.9. The van der Waals surface area contributed by atoms with Crippen LogP contribution in [0.25, 0.3) is 0 Å². The van der Waals surface area contributed by atoms with E-state index in [2.05, 4.69) is 11.8 Å². The maximum Gasteiger partial charge on any atom is 0.271 e. The third-order valence-corrected chi connectivity index (χ3v) is 5.53. The van der Waals surface area contributed by atoms with Crippen LogP contribution < -0.4 is 10.2 Å². The van der Waals surface area contributed by atoms with Gasteiger partial charge in [-0.25, -0.2) is 13.9 Å². The number of thioether (sulfide) groups is 1. The standard InChI is InChI=1S/C16H16N2O5S2/c1-2-3-10-23-13-4-6-14(7-5-13)25(21,22)18-9-12-24-11-8-15(18)16(19)17-20/h4-9,11-12,15,20H,10H2,1H3,(H,17,19). The van der Waals surface area contributed by atoms with Gasteiger partial charge in [-0.3, -0.25) is 14.3 Å². The number of benzene rings is 1. The van der Waals surface area contributed by atoms with E-state index in [9.17, 15) is 13.2 Å². The second kappa shape index (κ2) is 8.62. The SMILES string of the molecule is CC#CCOc1ccc(S(=O)(=O)N2C=CSC=CC2C(=O)NO)cc1. The predicted molar refractivity (Wildman–Crippen MR) is 94.0 cm³/mol. The molecular weight excluding hydrogens is 364 g/mol. The molecule has 0 spiro atoms. The van der Waals surface area contributed by atoms with E-state index in [4.69, 9.17) is 9.94 Å². The summed E-state index contributed by atoms with van der Waals surface area (Å²) in [7, 11) is -4.01. The minimum absolute atomic E-state index is 0.0119. The number of amides is 1. The predicted octanol–water partition coefficient (Wildman–Crippen LogP) is 1.69. The van der Waals surface area contributed by atoms with Gasteiger partial charge in [-0.2, -0.15) is 0 Å². The molecule has 0 bridgehead atoms. The molecular formula is C16H16N2O5S2. The fraction of sp³-hybridized carbons (Fsp3) is 0.188. The topological polar surface area (TPSA) is 95.9 Å². The Hall–Kier alpha value is -2.41. The first-order chi connectivity index (χ1) is 12.0. The fourth-order valence-electron chi connectivity index (χ4n) is 1.96. The Morgan fingerprint density at radius 3 is 2.72 bits per heavy atom. The maximum atomic E-state index is 12.8. The second-order valence-corrected chi connectivity index (χ2v) is 7.35. The first-order valence-electron chi connectivity index (χ1n) is 7.09. The zero-order chi connectivity index (χ0) is 18.3. The summed E-state index contributed by atoms with van der Waals surface area (Å²) < 4.78 is 31.9. The zero-order valence-electron chi connectivity index (χ0n) is 13.2. The molecule has 1 atom stereocenters. The molecule has 132 valence electrons. The summed E-state index contributed by atoms with van der Waals surface area (Å²) >= 11 is 1.21. The van der Waals surface area contributed by atoms with Crippen molar-refractivity contribution < 1.29 is 23.2 Å². The average molecular weight is 380 g/mol.